The number of carbonyl (C=O) groups is 1. The summed E-state index contributed by atoms with van der Waals surface area (Å²) < 4.78 is 1.08. The highest BCUT2D eigenvalue weighted by molar-refractivity contribution is 6.14. The van der Waals surface area contributed by atoms with Gasteiger partial charge in [0.1, 0.15) is 5.56 Å². The highest BCUT2D eigenvalue weighted by Gasteiger charge is 2.20. The second-order valence-electron chi connectivity index (χ2n) is 5.88. The molecule has 0 unspecified atom stereocenters. The van der Waals surface area contributed by atoms with Crippen LogP contribution in [-0.4, -0.2) is 15.6 Å². The standard InChI is InChI=1S/C19H18N2O3/c1-11-8-9-15(12(2)10-11)20-17(22)16-13-6-4-5-7-14(13)18(23)21(3)19(16)24/h4-10,24H,1-3H3,(H,20,22). The van der Waals surface area contributed by atoms with Crippen LogP contribution in [0.3, 0.4) is 0 Å². The molecular weight excluding hydrogens is 304 g/mol. The third-order valence-electron chi connectivity index (χ3n) is 4.13. The molecule has 0 atom stereocenters. The Morgan fingerprint density at radius 2 is 1.75 bits per heavy atom. The summed E-state index contributed by atoms with van der Waals surface area (Å²) in [6, 6.07) is 12.5. The Hall–Kier alpha value is -3.08. The topological polar surface area (TPSA) is 71.3 Å². The lowest BCUT2D eigenvalue weighted by Gasteiger charge is -2.14. The first-order valence-electron chi connectivity index (χ1n) is 7.59. The molecule has 2 N–H and O–H groups in total. The summed E-state index contributed by atoms with van der Waals surface area (Å²) in [5.74, 6) is -0.799. The fourth-order valence-corrected chi connectivity index (χ4v) is 2.82. The molecule has 0 spiro atoms. The number of nitrogens with one attached hydrogen (secondary N) is 1. The quantitative estimate of drug-likeness (QED) is 0.761. The van der Waals surface area contributed by atoms with Crippen LogP contribution in [0.4, 0.5) is 5.69 Å². The smallest absolute Gasteiger partial charge is 0.261 e. The van der Waals surface area contributed by atoms with Crippen molar-refractivity contribution in [2.45, 2.75) is 13.8 Å². The number of rotatable bonds is 2. The van der Waals surface area contributed by atoms with Gasteiger partial charge in [-0.25, -0.2) is 0 Å². The molecule has 0 bridgehead atoms. The minimum Gasteiger partial charge on any atom is -0.494 e. The van der Waals surface area contributed by atoms with Crippen LogP contribution in [-0.2, 0) is 7.05 Å². The Labute approximate surface area is 139 Å². The minimum atomic E-state index is -0.453. The van der Waals surface area contributed by atoms with Crippen molar-refractivity contribution in [3.05, 3.63) is 69.5 Å². The van der Waals surface area contributed by atoms with Crippen molar-refractivity contribution < 1.29 is 9.90 Å². The number of hydrogen-bond donors (Lipinski definition) is 2. The predicted octanol–water partition coefficient (Wildman–Crippen LogP) is 3.11. The normalized spacial score (nSPS) is 10.8. The summed E-state index contributed by atoms with van der Waals surface area (Å²) in [6.07, 6.45) is 0. The lowest BCUT2D eigenvalue weighted by atomic mass is 10.1. The van der Waals surface area contributed by atoms with Gasteiger partial charge in [-0.3, -0.25) is 14.2 Å². The highest BCUT2D eigenvalue weighted by atomic mass is 16.3. The van der Waals surface area contributed by atoms with Crippen molar-refractivity contribution in [1.82, 2.24) is 4.57 Å². The fraction of sp³-hybridized carbons (Fsp3) is 0.158. The number of pyridine rings is 1. The van der Waals surface area contributed by atoms with Gasteiger partial charge in [-0.2, -0.15) is 0 Å². The van der Waals surface area contributed by atoms with Gasteiger partial charge in [-0.15, -0.1) is 0 Å². The molecule has 0 saturated heterocycles. The lowest BCUT2D eigenvalue weighted by molar-refractivity contribution is 0.102. The molecule has 24 heavy (non-hydrogen) atoms. The van der Waals surface area contributed by atoms with Crippen molar-refractivity contribution >= 4 is 22.4 Å². The van der Waals surface area contributed by atoms with Crippen LogP contribution < -0.4 is 10.9 Å². The number of aromatic nitrogens is 1. The largest absolute Gasteiger partial charge is 0.494 e. The third kappa shape index (κ3) is 2.54. The molecule has 5 heteroatoms. The number of benzene rings is 2. The number of aromatic hydroxyl groups is 1. The summed E-state index contributed by atoms with van der Waals surface area (Å²) in [5.41, 5.74) is 2.44. The second-order valence-corrected chi connectivity index (χ2v) is 5.88. The van der Waals surface area contributed by atoms with Crippen LogP contribution in [0.15, 0.2) is 47.3 Å². The van der Waals surface area contributed by atoms with Crippen molar-refractivity contribution in [3.8, 4) is 5.88 Å². The predicted molar refractivity (Wildman–Crippen MR) is 94.7 cm³/mol. The van der Waals surface area contributed by atoms with Crippen molar-refractivity contribution in [1.29, 1.82) is 0 Å². The van der Waals surface area contributed by atoms with Gasteiger partial charge >= 0.3 is 0 Å². The molecule has 1 aromatic heterocycles. The van der Waals surface area contributed by atoms with Gasteiger partial charge in [-0.05, 0) is 31.5 Å². The van der Waals surface area contributed by atoms with E-state index in [1.54, 1.807) is 24.3 Å². The van der Waals surface area contributed by atoms with Crippen LogP contribution in [0.1, 0.15) is 21.5 Å². The Balaban J connectivity index is 2.15. The minimum absolute atomic E-state index is 0.0904. The van der Waals surface area contributed by atoms with E-state index in [-0.39, 0.29) is 17.0 Å². The molecule has 3 rings (SSSR count). The lowest BCUT2D eigenvalue weighted by Crippen LogP contribution is -2.22. The molecule has 122 valence electrons. The molecule has 0 aliphatic heterocycles. The maximum atomic E-state index is 12.8. The third-order valence-corrected chi connectivity index (χ3v) is 4.13. The Bertz CT molecular complexity index is 1020. The van der Waals surface area contributed by atoms with Crippen LogP contribution in [0.25, 0.3) is 10.8 Å². The zero-order valence-corrected chi connectivity index (χ0v) is 13.8. The zero-order valence-electron chi connectivity index (χ0n) is 13.8. The molecule has 2 aromatic carbocycles. The van der Waals surface area contributed by atoms with Crippen LogP contribution in [0.5, 0.6) is 5.88 Å². The number of anilines is 1. The van der Waals surface area contributed by atoms with Crippen molar-refractivity contribution in [3.63, 3.8) is 0 Å². The monoisotopic (exact) mass is 322 g/mol. The van der Waals surface area contributed by atoms with Gasteiger partial charge in [0.05, 0.1) is 0 Å². The first-order chi connectivity index (χ1) is 11.4. The van der Waals surface area contributed by atoms with E-state index in [0.717, 1.165) is 15.7 Å². The average Bonchev–Trinajstić information content (AvgIpc) is 2.55. The average molecular weight is 322 g/mol. The number of hydrogen-bond acceptors (Lipinski definition) is 3. The molecular formula is C19H18N2O3. The summed E-state index contributed by atoms with van der Waals surface area (Å²) in [4.78, 5) is 25.0. The Kier molecular flexibility index (Phi) is 3.85. The number of fused-ring (bicyclic) bond motifs is 1. The van der Waals surface area contributed by atoms with Crippen molar-refractivity contribution in [2.24, 2.45) is 7.05 Å². The highest BCUT2D eigenvalue weighted by Crippen LogP contribution is 2.26. The molecule has 0 aliphatic carbocycles. The van der Waals surface area contributed by atoms with Gasteiger partial charge < -0.3 is 10.4 Å². The van der Waals surface area contributed by atoms with Gasteiger partial charge in [-0.1, -0.05) is 35.9 Å². The van der Waals surface area contributed by atoms with Gasteiger partial charge in [0, 0.05) is 23.5 Å². The number of carbonyl (C=O) groups excluding carboxylic acids is 1. The number of amides is 1. The van der Waals surface area contributed by atoms with E-state index in [2.05, 4.69) is 5.32 Å². The van der Waals surface area contributed by atoms with E-state index >= 15 is 0 Å². The molecule has 0 fully saturated rings. The van der Waals surface area contributed by atoms with E-state index < -0.39 is 5.91 Å². The summed E-state index contributed by atoms with van der Waals surface area (Å²) >= 11 is 0. The fourth-order valence-electron chi connectivity index (χ4n) is 2.82. The van der Waals surface area contributed by atoms with Crippen molar-refractivity contribution in [2.75, 3.05) is 5.32 Å². The van der Waals surface area contributed by atoms with Crippen LogP contribution in [0, 0.1) is 13.8 Å². The number of aryl methyl sites for hydroxylation is 2. The maximum absolute atomic E-state index is 12.8. The molecule has 1 amide bonds. The van der Waals surface area contributed by atoms with E-state index in [1.165, 1.54) is 7.05 Å². The van der Waals surface area contributed by atoms with Crippen LogP contribution >= 0.6 is 0 Å². The van der Waals surface area contributed by atoms with E-state index in [9.17, 15) is 14.7 Å². The maximum Gasteiger partial charge on any atom is 0.261 e. The second kappa shape index (κ2) is 5.85. The first-order valence-corrected chi connectivity index (χ1v) is 7.59. The Morgan fingerprint density at radius 1 is 1.08 bits per heavy atom. The van der Waals surface area contributed by atoms with Gasteiger partial charge in [0.2, 0.25) is 5.88 Å². The SMILES string of the molecule is Cc1ccc(NC(=O)c2c(O)n(C)c(=O)c3ccccc23)c(C)c1. The first kappa shape index (κ1) is 15.8. The molecule has 5 nitrogen and oxygen atoms in total. The molecule has 0 radical (unpaired) electrons. The molecule has 3 aromatic rings. The zero-order chi connectivity index (χ0) is 17.4. The van der Waals surface area contributed by atoms with E-state index in [1.807, 2.05) is 32.0 Å². The van der Waals surface area contributed by atoms with Gasteiger partial charge in [0.15, 0.2) is 0 Å². The molecule has 1 heterocycles. The molecule has 0 saturated carbocycles. The Morgan fingerprint density at radius 3 is 2.42 bits per heavy atom. The summed E-state index contributed by atoms with van der Waals surface area (Å²) in [7, 11) is 1.44. The summed E-state index contributed by atoms with van der Waals surface area (Å²) in [6.45, 7) is 3.88. The van der Waals surface area contributed by atoms with Gasteiger partial charge in [0.25, 0.3) is 11.5 Å². The number of nitrogens with zero attached hydrogens (tertiary/aromatic N) is 1. The van der Waals surface area contributed by atoms with E-state index in [0.29, 0.717) is 16.5 Å². The summed E-state index contributed by atoms with van der Waals surface area (Å²) in [5, 5.41) is 14.0. The molecule has 0 aliphatic rings. The van der Waals surface area contributed by atoms with E-state index in [4.69, 9.17) is 0 Å². The van der Waals surface area contributed by atoms with Crippen LogP contribution in [0.2, 0.25) is 0 Å².